The Bertz CT molecular complexity index is 624. The van der Waals surface area contributed by atoms with Crippen molar-refractivity contribution in [1.29, 1.82) is 0 Å². The molecule has 0 unspecified atom stereocenters. The fourth-order valence-electron chi connectivity index (χ4n) is 2.21. The lowest BCUT2D eigenvalue weighted by Crippen LogP contribution is -1.97. The fourth-order valence-corrected chi connectivity index (χ4v) is 2.21. The van der Waals surface area contributed by atoms with Crippen molar-refractivity contribution in [1.82, 2.24) is 0 Å². The van der Waals surface area contributed by atoms with Crippen LogP contribution in [0.15, 0.2) is 42.5 Å². The van der Waals surface area contributed by atoms with Crippen LogP contribution in [-0.4, -0.2) is 13.1 Å². The SMILES string of the molecule is COC(=O)C=C(C)c1c(C)ccc2ccccc12. The third-order valence-electron chi connectivity index (χ3n) is 3.07. The van der Waals surface area contributed by atoms with Gasteiger partial charge in [-0.15, -0.1) is 0 Å². The van der Waals surface area contributed by atoms with Crippen LogP contribution in [0.2, 0.25) is 0 Å². The molecule has 0 atom stereocenters. The number of hydrogen-bond donors (Lipinski definition) is 0. The number of aryl methyl sites for hydroxylation is 1. The predicted octanol–water partition coefficient (Wildman–Crippen LogP) is 3.72. The van der Waals surface area contributed by atoms with E-state index in [2.05, 4.69) is 35.9 Å². The Morgan fingerprint density at radius 3 is 2.61 bits per heavy atom. The number of rotatable bonds is 2. The van der Waals surface area contributed by atoms with Gasteiger partial charge in [0.2, 0.25) is 0 Å². The Labute approximate surface area is 107 Å². The van der Waals surface area contributed by atoms with Crippen molar-refractivity contribution in [2.75, 3.05) is 7.11 Å². The summed E-state index contributed by atoms with van der Waals surface area (Å²) in [5.74, 6) is -0.320. The number of benzene rings is 2. The number of hydrogen-bond acceptors (Lipinski definition) is 2. The molecule has 2 rings (SSSR count). The van der Waals surface area contributed by atoms with Crippen molar-refractivity contribution in [2.45, 2.75) is 13.8 Å². The lowest BCUT2D eigenvalue weighted by Gasteiger charge is -2.10. The van der Waals surface area contributed by atoms with Crippen molar-refractivity contribution in [3.05, 3.63) is 53.6 Å². The van der Waals surface area contributed by atoms with Crippen LogP contribution in [0.4, 0.5) is 0 Å². The number of carbonyl (C=O) groups excluding carboxylic acids is 1. The number of carbonyl (C=O) groups is 1. The van der Waals surface area contributed by atoms with E-state index in [-0.39, 0.29) is 5.97 Å². The minimum atomic E-state index is -0.320. The van der Waals surface area contributed by atoms with Crippen LogP contribution >= 0.6 is 0 Å². The lowest BCUT2D eigenvalue weighted by molar-refractivity contribution is -0.134. The highest BCUT2D eigenvalue weighted by Crippen LogP contribution is 2.28. The summed E-state index contributed by atoms with van der Waals surface area (Å²) in [6.45, 7) is 3.99. The van der Waals surface area contributed by atoms with Gasteiger partial charge in [0.05, 0.1) is 7.11 Å². The molecule has 2 heteroatoms. The molecule has 0 aliphatic rings. The van der Waals surface area contributed by atoms with E-state index in [0.717, 1.165) is 22.1 Å². The van der Waals surface area contributed by atoms with Crippen molar-refractivity contribution < 1.29 is 9.53 Å². The van der Waals surface area contributed by atoms with E-state index in [0.29, 0.717) is 0 Å². The third kappa shape index (κ3) is 2.28. The molecule has 92 valence electrons. The van der Waals surface area contributed by atoms with Gasteiger partial charge in [0.25, 0.3) is 0 Å². The van der Waals surface area contributed by atoms with Crippen molar-refractivity contribution >= 4 is 22.3 Å². The molecule has 0 spiro atoms. The summed E-state index contributed by atoms with van der Waals surface area (Å²) in [4.78, 5) is 11.3. The van der Waals surface area contributed by atoms with E-state index >= 15 is 0 Å². The summed E-state index contributed by atoms with van der Waals surface area (Å²) in [5, 5.41) is 2.34. The van der Waals surface area contributed by atoms with Crippen molar-refractivity contribution in [3.63, 3.8) is 0 Å². The lowest BCUT2D eigenvalue weighted by atomic mass is 9.94. The summed E-state index contributed by atoms with van der Waals surface area (Å²) in [6.07, 6.45) is 1.54. The van der Waals surface area contributed by atoms with E-state index < -0.39 is 0 Å². The number of esters is 1. The summed E-state index contributed by atoms with van der Waals surface area (Å²) in [6, 6.07) is 12.3. The maximum Gasteiger partial charge on any atom is 0.330 e. The summed E-state index contributed by atoms with van der Waals surface area (Å²) >= 11 is 0. The minimum Gasteiger partial charge on any atom is -0.466 e. The molecule has 0 aliphatic heterocycles. The van der Waals surface area contributed by atoms with Crippen LogP contribution in [0.25, 0.3) is 16.3 Å². The second-order valence-corrected chi connectivity index (χ2v) is 4.33. The molecule has 18 heavy (non-hydrogen) atoms. The molecule has 2 nitrogen and oxygen atoms in total. The molecule has 0 aromatic heterocycles. The monoisotopic (exact) mass is 240 g/mol. The summed E-state index contributed by atoms with van der Waals surface area (Å²) in [5.41, 5.74) is 3.20. The van der Waals surface area contributed by atoms with Gasteiger partial charge in [0.15, 0.2) is 0 Å². The highest BCUT2D eigenvalue weighted by atomic mass is 16.5. The van der Waals surface area contributed by atoms with E-state index in [9.17, 15) is 4.79 Å². The first kappa shape index (κ1) is 12.4. The Kier molecular flexibility index (Phi) is 3.47. The second kappa shape index (κ2) is 5.05. The van der Waals surface area contributed by atoms with Gasteiger partial charge in [-0.05, 0) is 41.3 Å². The third-order valence-corrected chi connectivity index (χ3v) is 3.07. The molecular weight excluding hydrogens is 224 g/mol. The van der Waals surface area contributed by atoms with Crippen LogP contribution in [0.1, 0.15) is 18.1 Å². The Hall–Kier alpha value is -2.09. The largest absolute Gasteiger partial charge is 0.466 e. The first-order valence-corrected chi connectivity index (χ1v) is 5.88. The first-order valence-electron chi connectivity index (χ1n) is 5.88. The van der Waals surface area contributed by atoms with Crippen LogP contribution in [0.3, 0.4) is 0 Å². The quantitative estimate of drug-likeness (QED) is 0.590. The van der Waals surface area contributed by atoms with Crippen molar-refractivity contribution in [3.8, 4) is 0 Å². The first-order chi connectivity index (χ1) is 8.63. The van der Waals surface area contributed by atoms with E-state index in [1.54, 1.807) is 0 Å². The molecule has 0 N–H and O–H groups in total. The van der Waals surface area contributed by atoms with E-state index in [4.69, 9.17) is 0 Å². The maximum absolute atomic E-state index is 11.3. The molecular formula is C16H16O2. The van der Waals surface area contributed by atoms with Crippen LogP contribution < -0.4 is 0 Å². The molecule has 0 amide bonds. The summed E-state index contributed by atoms with van der Waals surface area (Å²) < 4.78 is 4.68. The molecule has 2 aromatic carbocycles. The van der Waals surface area contributed by atoms with Gasteiger partial charge >= 0.3 is 5.97 Å². The number of methoxy groups -OCH3 is 1. The Morgan fingerprint density at radius 2 is 1.89 bits per heavy atom. The van der Waals surface area contributed by atoms with Gasteiger partial charge in [0, 0.05) is 6.08 Å². The predicted molar refractivity (Wildman–Crippen MR) is 74.4 cm³/mol. The van der Waals surface area contributed by atoms with Gasteiger partial charge in [-0.25, -0.2) is 4.79 Å². The van der Waals surface area contributed by atoms with Gasteiger partial charge < -0.3 is 4.74 Å². The van der Waals surface area contributed by atoms with Crippen LogP contribution in [-0.2, 0) is 9.53 Å². The smallest absolute Gasteiger partial charge is 0.330 e. The molecule has 0 aliphatic carbocycles. The normalized spacial score (nSPS) is 11.6. The Morgan fingerprint density at radius 1 is 1.17 bits per heavy atom. The van der Waals surface area contributed by atoms with Gasteiger partial charge in [-0.1, -0.05) is 36.4 Å². The highest BCUT2D eigenvalue weighted by Gasteiger charge is 2.07. The van der Waals surface area contributed by atoms with Gasteiger partial charge in [-0.2, -0.15) is 0 Å². The van der Waals surface area contributed by atoms with Crippen LogP contribution in [0.5, 0.6) is 0 Å². The minimum absolute atomic E-state index is 0.320. The number of allylic oxidation sites excluding steroid dienone is 1. The average Bonchev–Trinajstić information content (AvgIpc) is 2.38. The molecule has 0 fully saturated rings. The fraction of sp³-hybridized carbons (Fsp3) is 0.188. The Balaban J connectivity index is 2.66. The molecule has 0 radical (unpaired) electrons. The zero-order valence-corrected chi connectivity index (χ0v) is 10.9. The zero-order chi connectivity index (χ0) is 13.1. The maximum atomic E-state index is 11.3. The zero-order valence-electron chi connectivity index (χ0n) is 10.9. The topological polar surface area (TPSA) is 26.3 Å². The summed E-state index contributed by atoms with van der Waals surface area (Å²) in [7, 11) is 1.39. The average molecular weight is 240 g/mol. The highest BCUT2D eigenvalue weighted by molar-refractivity contribution is 5.99. The molecule has 2 aromatic rings. The molecule has 0 saturated heterocycles. The second-order valence-electron chi connectivity index (χ2n) is 4.33. The van der Waals surface area contributed by atoms with E-state index in [1.807, 2.05) is 19.1 Å². The molecule has 0 bridgehead atoms. The van der Waals surface area contributed by atoms with Gasteiger partial charge in [-0.3, -0.25) is 0 Å². The van der Waals surface area contributed by atoms with Crippen LogP contribution in [0, 0.1) is 6.92 Å². The standard InChI is InChI=1S/C16H16O2/c1-11-8-9-13-6-4-5-7-14(13)16(11)12(2)10-15(17)18-3/h4-10H,1-3H3. The number of ether oxygens (including phenoxy) is 1. The van der Waals surface area contributed by atoms with E-state index in [1.165, 1.54) is 18.6 Å². The van der Waals surface area contributed by atoms with Gasteiger partial charge in [0.1, 0.15) is 0 Å². The molecule has 0 saturated carbocycles. The van der Waals surface area contributed by atoms with Crippen molar-refractivity contribution in [2.24, 2.45) is 0 Å². The number of fused-ring (bicyclic) bond motifs is 1. The molecule has 0 heterocycles.